The smallest absolute Gasteiger partial charge is 0.152 e. The van der Waals surface area contributed by atoms with Gasteiger partial charge in [-0.25, -0.2) is 4.98 Å². The van der Waals surface area contributed by atoms with Gasteiger partial charge in [0.25, 0.3) is 0 Å². The Bertz CT molecular complexity index is 546. The van der Waals surface area contributed by atoms with Gasteiger partial charge in [-0.15, -0.1) is 0 Å². The number of hydrogen-bond donors (Lipinski definition) is 0. The molecule has 3 nitrogen and oxygen atoms in total. The highest BCUT2D eigenvalue weighted by Crippen LogP contribution is 2.11. The zero-order valence-corrected chi connectivity index (χ0v) is 11.7. The number of benzene rings is 1. The van der Waals surface area contributed by atoms with Crippen molar-refractivity contribution in [1.29, 1.82) is 0 Å². The van der Waals surface area contributed by atoms with E-state index in [0.717, 1.165) is 29.1 Å². The molecule has 0 atom stereocenters. The molecule has 1 aromatic heterocycles. The molecule has 0 unspecified atom stereocenters. The molecule has 100 valence electrons. The van der Waals surface area contributed by atoms with Gasteiger partial charge >= 0.3 is 0 Å². The molecule has 0 N–H and O–H groups in total. The number of rotatable bonds is 6. The molecule has 0 aliphatic carbocycles. The molecule has 0 fully saturated rings. The van der Waals surface area contributed by atoms with Gasteiger partial charge in [-0.2, -0.15) is 0 Å². The monoisotopic (exact) mass is 276 g/mol. The predicted molar refractivity (Wildman–Crippen MR) is 76.4 cm³/mol. The fourth-order valence-electron chi connectivity index (χ4n) is 1.99. The highest BCUT2D eigenvalue weighted by Gasteiger charge is 2.06. The van der Waals surface area contributed by atoms with Gasteiger partial charge in [0.1, 0.15) is 0 Å². The van der Waals surface area contributed by atoms with Gasteiger partial charge in [0.2, 0.25) is 0 Å². The Hall–Kier alpha value is -1.61. The summed E-state index contributed by atoms with van der Waals surface area (Å²) < 4.78 is 1.92. The minimum atomic E-state index is 0.225. The molecule has 0 saturated heterocycles. The molecule has 19 heavy (non-hydrogen) atoms. The van der Waals surface area contributed by atoms with Crippen molar-refractivity contribution in [2.24, 2.45) is 0 Å². The lowest BCUT2D eigenvalue weighted by atomic mass is 10.1. The van der Waals surface area contributed by atoms with E-state index in [2.05, 4.69) is 11.9 Å². The number of carbonyl (C=O) groups is 1. The molecule has 4 heteroatoms. The molecule has 1 aromatic carbocycles. The maximum atomic E-state index is 11.9. The van der Waals surface area contributed by atoms with Crippen LogP contribution in [-0.2, 0) is 24.2 Å². The quantitative estimate of drug-likeness (QED) is 0.811. The van der Waals surface area contributed by atoms with Gasteiger partial charge in [-0.3, -0.25) is 4.79 Å². The zero-order valence-electron chi connectivity index (χ0n) is 11.0. The van der Waals surface area contributed by atoms with Crippen molar-refractivity contribution < 1.29 is 4.79 Å². The van der Waals surface area contributed by atoms with E-state index in [1.54, 1.807) is 6.33 Å². The van der Waals surface area contributed by atoms with Crippen molar-refractivity contribution in [3.05, 3.63) is 53.1 Å². The van der Waals surface area contributed by atoms with E-state index >= 15 is 0 Å². The summed E-state index contributed by atoms with van der Waals surface area (Å²) in [5, 5.41) is 0.723. The van der Waals surface area contributed by atoms with Gasteiger partial charge in [0, 0.05) is 23.3 Å². The fourth-order valence-corrected chi connectivity index (χ4v) is 2.11. The number of aryl methyl sites for hydroxylation is 2. The van der Waals surface area contributed by atoms with Crippen molar-refractivity contribution in [1.82, 2.24) is 9.55 Å². The second-order valence-electron chi connectivity index (χ2n) is 4.53. The summed E-state index contributed by atoms with van der Waals surface area (Å²) in [4.78, 5) is 16.0. The second-order valence-corrected chi connectivity index (χ2v) is 4.97. The van der Waals surface area contributed by atoms with Crippen LogP contribution < -0.4 is 0 Å². The Morgan fingerprint density at radius 1 is 1.32 bits per heavy atom. The number of hydrogen-bond acceptors (Lipinski definition) is 2. The highest BCUT2D eigenvalue weighted by atomic mass is 35.5. The largest absolute Gasteiger partial charge is 0.327 e. The molecule has 0 amide bonds. The summed E-state index contributed by atoms with van der Waals surface area (Å²) in [6.45, 7) is 2.47. The molecule has 2 rings (SSSR count). The maximum Gasteiger partial charge on any atom is 0.152 e. The van der Waals surface area contributed by atoms with Crippen LogP contribution in [0.25, 0.3) is 0 Å². The average Bonchev–Trinajstić information content (AvgIpc) is 2.85. The average molecular weight is 277 g/mol. The van der Waals surface area contributed by atoms with Gasteiger partial charge in [-0.05, 0) is 30.5 Å². The number of imidazole rings is 1. The van der Waals surface area contributed by atoms with E-state index in [-0.39, 0.29) is 5.78 Å². The number of Topliss-reactive ketones (excluding diaryl/α,β-unsaturated/α-hetero) is 1. The first-order valence-corrected chi connectivity index (χ1v) is 6.82. The Morgan fingerprint density at radius 2 is 2.05 bits per heavy atom. The molecule has 0 radical (unpaired) electrons. The molecule has 1 heterocycles. The van der Waals surface area contributed by atoms with Crippen LogP contribution in [0.2, 0.25) is 5.02 Å². The van der Waals surface area contributed by atoms with Crippen molar-refractivity contribution in [2.45, 2.75) is 32.7 Å². The molecule has 0 aliphatic heterocycles. The number of ketones is 1. The van der Waals surface area contributed by atoms with E-state index in [9.17, 15) is 4.79 Å². The van der Waals surface area contributed by atoms with E-state index in [4.69, 9.17) is 11.6 Å². The van der Waals surface area contributed by atoms with Crippen LogP contribution in [0.4, 0.5) is 0 Å². The summed E-state index contributed by atoms with van der Waals surface area (Å²) in [7, 11) is 0. The first-order valence-electron chi connectivity index (χ1n) is 6.44. The summed E-state index contributed by atoms with van der Waals surface area (Å²) in [5.74, 6) is 0.225. The third kappa shape index (κ3) is 3.93. The Morgan fingerprint density at radius 3 is 2.74 bits per heavy atom. The summed E-state index contributed by atoms with van der Waals surface area (Å²) >= 11 is 5.83. The van der Waals surface area contributed by atoms with Crippen LogP contribution in [0.5, 0.6) is 0 Å². The first kappa shape index (κ1) is 13.8. The van der Waals surface area contributed by atoms with E-state index in [1.165, 1.54) is 0 Å². The van der Waals surface area contributed by atoms with Crippen molar-refractivity contribution in [3.63, 3.8) is 0 Å². The Balaban J connectivity index is 1.86. The maximum absolute atomic E-state index is 11.9. The van der Waals surface area contributed by atoms with E-state index < -0.39 is 0 Å². The van der Waals surface area contributed by atoms with Crippen molar-refractivity contribution in [2.75, 3.05) is 0 Å². The minimum Gasteiger partial charge on any atom is -0.327 e. The lowest BCUT2D eigenvalue weighted by molar-refractivity contribution is -0.119. The van der Waals surface area contributed by atoms with Crippen molar-refractivity contribution in [3.8, 4) is 0 Å². The van der Waals surface area contributed by atoms with Crippen LogP contribution in [0.3, 0.4) is 0 Å². The second kappa shape index (κ2) is 6.53. The lowest BCUT2D eigenvalue weighted by Gasteiger charge is -2.06. The summed E-state index contributed by atoms with van der Waals surface area (Å²) in [6.07, 6.45) is 5.73. The fraction of sp³-hybridized carbons (Fsp3) is 0.333. The predicted octanol–water partition coefficient (Wildman–Crippen LogP) is 3.30. The molecule has 0 spiro atoms. The van der Waals surface area contributed by atoms with Crippen LogP contribution in [-0.4, -0.2) is 15.3 Å². The molecule has 0 saturated carbocycles. The summed E-state index contributed by atoms with van der Waals surface area (Å²) in [6, 6.07) is 7.63. The van der Waals surface area contributed by atoms with Crippen LogP contribution in [0, 0.1) is 0 Å². The lowest BCUT2D eigenvalue weighted by Crippen LogP contribution is -2.12. The van der Waals surface area contributed by atoms with Crippen LogP contribution in [0.1, 0.15) is 24.6 Å². The highest BCUT2D eigenvalue weighted by molar-refractivity contribution is 6.30. The zero-order chi connectivity index (χ0) is 13.7. The van der Waals surface area contributed by atoms with Gasteiger partial charge < -0.3 is 4.57 Å². The van der Waals surface area contributed by atoms with E-state index in [1.807, 2.05) is 35.0 Å². The molecular weight excluding hydrogens is 260 g/mol. The molecular formula is C15H17ClN2O. The Kier molecular flexibility index (Phi) is 4.74. The van der Waals surface area contributed by atoms with E-state index in [0.29, 0.717) is 13.0 Å². The topological polar surface area (TPSA) is 34.9 Å². The van der Waals surface area contributed by atoms with Crippen LogP contribution in [0.15, 0.2) is 36.8 Å². The number of halogens is 1. The molecule has 0 aliphatic rings. The molecule has 2 aromatic rings. The minimum absolute atomic E-state index is 0.225. The van der Waals surface area contributed by atoms with Crippen molar-refractivity contribution >= 4 is 17.4 Å². The van der Waals surface area contributed by atoms with Crippen LogP contribution >= 0.6 is 11.6 Å². The molecule has 0 bridgehead atoms. The number of carbonyl (C=O) groups excluding carboxylic acids is 1. The van der Waals surface area contributed by atoms with Gasteiger partial charge in [0.15, 0.2) is 5.78 Å². The number of aromatic nitrogens is 2. The van der Waals surface area contributed by atoms with Gasteiger partial charge in [0.05, 0.1) is 12.9 Å². The third-order valence-electron chi connectivity index (χ3n) is 3.11. The summed E-state index contributed by atoms with van der Waals surface area (Å²) in [5.41, 5.74) is 2.24. The van der Waals surface area contributed by atoms with Gasteiger partial charge in [-0.1, -0.05) is 30.7 Å². The SMILES string of the molecule is CCc1cncn1CC(=O)CCc1ccc(Cl)cc1. The third-order valence-corrected chi connectivity index (χ3v) is 3.37. The Labute approximate surface area is 118 Å². The normalized spacial score (nSPS) is 10.6. The number of nitrogens with zero attached hydrogens (tertiary/aromatic N) is 2. The standard InChI is InChI=1S/C15H17ClN2O/c1-2-14-9-17-11-18(14)10-15(19)8-5-12-3-6-13(16)7-4-12/h3-4,6-7,9,11H,2,5,8,10H2,1H3. The first-order chi connectivity index (χ1) is 9.19.